The Morgan fingerprint density at radius 2 is 2.00 bits per heavy atom. The van der Waals surface area contributed by atoms with Crippen LogP contribution >= 0.6 is 43.2 Å². The lowest BCUT2D eigenvalue weighted by atomic mass is 10.3. The Kier molecular flexibility index (Phi) is 4.17. The highest BCUT2D eigenvalue weighted by Crippen LogP contribution is 2.28. The molecule has 0 fully saturated rings. The van der Waals surface area contributed by atoms with E-state index >= 15 is 0 Å². The van der Waals surface area contributed by atoms with Crippen LogP contribution in [0.1, 0.15) is 4.88 Å². The second kappa shape index (κ2) is 5.46. The zero-order chi connectivity index (χ0) is 12.4. The minimum absolute atomic E-state index is 0.0998. The molecule has 2 rings (SSSR count). The second-order valence-corrected chi connectivity index (χ2v) is 5.95. The summed E-state index contributed by atoms with van der Waals surface area (Å²) >= 11 is 7.91. The van der Waals surface area contributed by atoms with Gasteiger partial charge in [-0.2, -0.15) is 4.39 Å². The minimum atomic E-state index is -0.971. The van der Waals surface area contributed by atoms with E-state index in [-0.39, 0.29) is 12.4 Å². The first-order valence-corrected chi connectivity index (χ1v) is 7.03. The zero-order valence-corrected chi connectivity index (χ0v) is 12.3. The molecule has 1 aromatic carbocycles. The lowest BCUT2D eigenvalue weighted by Crippen LogP contribution is -1.98. The average molecular weight is 384 g/mol. The standard InChI is InChI=1S/C11H6Br2F2OS/c12-6-3-8(14)11(15)9(4-6)16-5-10-7(13)1-2-17-10/h1-4H,5H2. The molecule has 0 atom stereocenters. The molecule has 2 aromatic rings. The van der Waals surface area contributed by atoms with Crippen molar-refractivity contribution in [1.82, 2.24) is 0 Å². The Hall–Kier alpha value is -0.460. The number of ether oxygens (including phenoxy) is 1. The molecule has 0 saturated heterocycles. The van der Waals surface area contributed by atoms with E-state index in [1.54, 1.807) is 0 Å². The van der Waals surface area contributed by atoms with Crippen molar-refractivity contribution in [2.45, 2.75) is 6.61 Å². The monoisotopic (exact) mass is 382 g/mol. The Bertz CT molecular complexity index is 542. The van der Waals surface area contributed by atoms with Crippen LogP contribution in [0.5, 0.6) is 5.75 Å². The van der Waals surface area contributed by atoms with E-state index in [1.165, 1.54) is 17.4 Å². The second-order valence-electron chi connectivity index (χ2n) is 3.18. The quantitative estimate of drug-likeness (QED) is 0.667. The van der Waals surface area contributed by atoms with Crippen LogP contribution in [0.25, 0.3) is 0 Å². The van der Waals surface area contributed by atoms with Crippen molar-refractivity contribution in [3.8, 4) is 5.75 Å². The van der Waals surface area contributed by atoms with Gasteiger partial charge < -0.3 is 4.74 Å². The molecule has 0 spiro atoms. The van der Waals surface area contributed by atoms with Crippen molar-refractivity contribution in [2.75, 3.05) is 0 Å². The Morgan fingerprint density at radius 3 is 2.65 bits per heavy atom. The highest BCUT2D eigenvalue weighted by molar-refractivity contribution is 9.10. The van der Waals surface area contributed by atoms with Crippen LogP contribution in [0, 0.1) is 11.6 Å². The van der Waals surface area contributed by atoms with Crippen molar-refractivity contribution in [1.29, 1.82) is 0 Å². The summed E-state index contributed by atoms with van der Waals surface area (Å²) in [5.74, 6) is -2.00. The van der Waals surface area contributed by atoms with Gasteiger partial charge in [0.05, 0.1) is 4.88 Å². The van der Waals surface area contributed by atoms with Crippen LogP contribution < -0.4 is 4.74 Å². The first-order chi connectivity index (χ1) is 8.08. The fourth-order valence-corrected chi connectivity index (χ4v) is 3.00. The van der Waals surface area contributed by atoms with Crippen molar-refractivity contribution < 1.29 is 13.5 Å². The van der Waals surface area contributed by atoms with Crippen molar-refractivity contribution in [3.05, 3.63) is 49.0 Å². The van der Waals surface area contributed by atoms with Gasteiger partial charge in [0, 0.05) is 8.95 Å². The summed E-state index contributed by atoms with van der Waals surface area (Å²) in [6.45, 7) is 0.199. The van der Waals surface area contributed by atoms with Gasteiger partial charge in [-0.05, 0) is 39.5 Å². The average Bonchev–Trinajstić information content (AvgIpc) is 2.67. The summed E-state index contributed by atoms with van der Waals surface area (Å²) in [6, 6.07) is 4.34. The van der Waals surface area contributed by atoms with E-state index in [0.717, 1.165) is 15.4 Å². The largest absolute Gasteiger partial charge is 0.485 e. The fourth-order valence-electron chi connectivity index (χ4n) is 1.21. The molecule has 1 aromatic heterocycles. The van der Waals surface area contributed by atoms with Gasteiger partial charge >= 0.3 is 0 Å². The molecule has 0 saturated carbocycles. The third kappa shape index (κ3) is 3.05. The van der Waals surface area contributed by atoms with Crippen molar-refractivity contribution in [3.63, 3.8) is 0 Å². The zero-order valence-electron chi connectivity index (χ0n) is 8.34. The van der Waals surface area contributed by atoms with Crippen molar-refractivity contribution in [2.24, 2.45) is 0 Å². The molecule has 0 N–H and O–H groups in total. The van der Waals surface area contributed by atoms with E-state index in [2.05, 4.69) is 31.9 Å². The molecule has 90 valence electrons. The number of rotatable bonds is 3. The number of benzene rings is 1. The number of hydrogen-bond donors (Lipinski definition) is 0. The summed E-state index contributed by atoms with van der Waals surface area (Å²) < 4.78 is 33.1. The molecule has 0 amide bonds. The van der Waals surface area contributed by atoms with E-state index in [4.69, 9.17) is 4.74 Å². The topological polar surface area (TPSA) is 9.23 Å². The van der Waals surface area contributed by atoms with E-state index < -0.39 is 11.6 Å². The molecule has 0 radical (unpaired) electrons. The van der Waals surface area contributed by atoms with Gasteiger partial charge in [0.15, 0.2) is 11.6 Å². The molecule has 6 heteroatoms. The van der Waals surface area contributed by atoms with E-state index in [9.17, 15) is 8.78 Å². The molecule has 0 aliphatic rings. The van der Waals surface area contributed by atoms with Gasteiger partial charge in [0.1, 0.15) is 6.61 Å². The van der Waals surface area contributed by atoms with Gasteiger partial charge in [-0.25, -0.2) is 4.39 Å². The van der Waals surface area contributed by atoms with Crippen LogP contribution in [0.2, 0.25) is 0 Å². The van der Waals surface area contributed by atoms with E-state index in [1.807, 2.05) is 11.4 Å². The van der Waals surface area contributed by atoms with Gasteiger partial charge in [0.25, 0.3) is 0 Å². The maximum atomic E-state index is 13.4. The van der Waals surface area contributed by atoms with Crippen LogP contribution in [-0.4, -0.2) is 0 Å². The van der Waals surface area contributed by atoms with Crippen LogP contribution in [-0.2, 0) is 6.61 Å². The molecular weight excluding hydrogens is 378 g/mol. The third-order valence-corrected chi connectivity index (χ3v) is 4.37. The number of halogens is 4. The summed E-state index contributed by atoms with van der Waals surface area (Å²) in [4.78, 5) is 0.921. The van der Waals surface area contributed by atoms with E-state index in [0.29, 0.717) is 4.47 Å². The highest BCUT2D eigenvalue weighted by Gasteiger charge is 2.12. The first-order valence-electron chi connectivity index (χ1n) is 4.57. The highest BCUT2D eigenvalue weighted by atomic mass is 79.9. The molecule has 0 aliphatic carbocycles. The molecular formula is C11H6Br2F2OS. The third-order valence-electron chi connectivity index (χ3n) is 2.01. The van der Waals surface area contributed by atoms with Gasteiger partial charge in [-0.1, -0.05) is 15.9 Å². The molecule has 0 unspecified atom stereocenters. The van der Waals surface area contributed by atoms with Crippen LogP contribution in [0.4, 0.5) is 8.78 Å². The van der Waals surface area contributed by atoms with Gasteiger partial charge in [-0.3, -0.25) is 0 Å². The summed E-state index contributed by atoms with van der Waals surface area (Å²) in [7, 11) is 0. The normalized spacial score (nSPS) is 10.6. The molecule has 0 bridgehead atoms. The Labute approximate surface area is 118 Å². The molecule has 0 aliphatic heterocycles. The SMILES string of the molecule is Fc1cc(Br)cc(OCc2sccc2Br)c1F. The Morgan fingerprint density at radius 1 is 1.24 bits per heavy atom. The lowest BCUT2D eigenvalue weighted by Gasteiger charge is -2.07. The number of hydrogen-bond acceptors (Lipinski definition) is 2. The predicted molar refractivity (Wildman–Crippen MR) is 70.4 cm³/mol. The summed E-state index contributed by atoms with van der Waals surface area (Å²) in [6.07, 6.45) is 0. The minimum Gasteiger partial charge on any atom is -0.485 e. The fraction of sp³-hybridized carbons (Fsp3) is 0.0909. The van der Waals surface area contributed by atoms with Crippen LogP contribution in [0.3, 0.4) is 0 Å². The maximum absolute atomic E-state index is 13.4. The summed E-state index contributed by atoms with van der Waals surface area (Å²) in [5.41, 5.74) is 0. The molecule has 17 heavy (non-hydrogen) atoms. The molecule has 1 nitrogen and oxygen atoms in total. The first kappa shape index (κ1) is 13.0. The lowest BCUT2D eigenvalue weighted by molar-refractivity contribution is 0.287. The smallest absolute Gasteiger partial charge is 0.200 e. The van der Waals surface area contributed by atoms with Gasteiger partial charge in [0.2, 0.25) is 5.82 Å². The Balaban J connectivity index is 2.17. The number of thiophene rings is 1. The van der Waals surface area contributed by atoms with Crippen LogP contribution in [0.15, 0.2) is 32.5 Å². The van der Waals surface area contributed by atoms with Gasteiger partial charge in [-0.15, -0.1) is 11.3 Å². The molecule has 1 heterocycles. The maximum Gasteiger partial charge on any atom is 0.200 e. The predicted octanol–water partition coefficient (Wildman–Crippen LogP) is 5.13. The van der Waals surface area contributed by atoms with Crippen molar-refractivity contribution >= 4 is 43.2 Å². The summed E-state index contributed by atoms with van der Waals surface area (Å²) in [5, 5.41) is 1.89.